The number of hydrogen-bond donors (Lipinski definition) is 1. The molecule has 13 heavy (non-hydrogen) atoms. The van der Waals surface area contributed by atoms with Crippen LogP contribution in [0.5, 0.6) is 11.5 Å². The molecule has 0 aliphatic rings. The summed E-state index contributed by atoms with van der Waals surface area (Å²) in [5.41, 5.74) is 0. The van der Waals surface area contributed by atoms with Crippen LogP contribution >= 0.6 is 0 Å². The van der Waals surface area contributed by atoms with Gasteiger partial charge in [-0.3, -0.25) is 0 Å². The molecule has 0 amide bonds. The maximum absolute atomic E-state index is 8.39. The minimum atomic E-state index is -0.213. The van der Waals surface area contributed by atoms with Crippen LogP contribution in [0.4, 0.5) is 0 Å². The predicted octanol–water partition coefficient (Wildman–Crippen LogP) is 1.03. The van der Waals surface area contributed by atoms with Crippen molar-refractivity contribution in [3.8, 4) is 23.5 Å². The van der Waals surface area contributed by atoms with Crippen LogP contribution in [0.25, 0.3) is 0 Å². The Balaban J connectivity index is 2.75. The van der Waals surface area contributed by atoms with Crippen molar-refractivity contribution < 1.29 is 14.6 Å². The summed E-state index contributed by atoms with van der Waals surface area (Å²) in [7, 11) is 1.56. The third kappa shape index (κ3) is 2.69. The van der Waals surface area contributed by atoms with E-state index in [0.717, 1.165) is 0 Å². The summed E-state index contributed by atoms with van der Waals surface area (Å²) in [6, 6.07) is 7.17. The van der Waals surface area contributed by atoms with Gasteiger partial charge in [0, 0.05) is 0 Å². The molecule has 1 aromatic rings. The first kappa shape index (κ1) is 9.43. The van der Waals surface area contributed by atoms with E-state index in [4.69, 9.17) is 14.6 Å². The smallest absolute Gasteiger partial charge is 0.182 e. The Morgan fingerprint density at radius 1 is 1.31 bits per heavy atom. The fourth-order valence-electron chi connectivity index (χ4n) is 0.826. The van der Waals surface area contributed by atoms with E-state index in [-0.39, 0.29) is 6.61 Å². The summed E-state index contributed by atoms with van der Waals surface area (Å²) in [6.07, 6.45) is 2.35. The summed E-state index contributed by atoms with van der Waals surface area (Å²) in [5, 5.41) is 8.39. The molecule has 3 heteroatoms. The van der Waals surface area contributed by atoms with Gasteiger partial charge in [-0.05, 0) is 18.1 Å². The molecule has 0 radical (unpaired) electrons. The summed E-state index contributed by atoms with van der Waals surface area (Å²) in [6.45, 7) is -0.213. The molecule has 0 unspecified atom stereocenters. The molecule has 3 nitrogen and oxygen atoms in total. The highest BCUT2D eigenvalue weighted by Gasteiger charge is 1.99. The van der Waals surface area contributed by atoms with Gasteiger partial charge in [0.25, 0.3) is 0 Å². The first-order valence-corrected chi connectivity index (χ1v) is 3.77. The number of ether oxygens (including phenoxy) is 2. The lowest BCUT2D eigenvalue weighted by atomic mass is 10.3. The second-order valence-electron chi connectivity index (χ2n) is 2.19. The highest BCUT2D eigenvalue weighted by molar-refractivity contribution is 5.40. The molecular weight excluding hydrogens is 168 g/mol. The first-order valence-electron chi connectivity index (χ1n) is 3.77. The van der Waals surface area contributed by atoms with E-state index in [1.165, 1.54) is 0 Å². The first-order chi connectivity index (χ1) is 6.38. The number of aliphatic hydroxyl groups excluding tert-OH is 1. The van der Waals surface area contributed by atoms with Crippen LogP contribution in [0, 0.1) is 12.0 Å². The minimum absolute atomic E-state index is 0.213. The van der Waals surface area contributed by atoms with Gasteiger partial charge in [0.1, 0.15) is 12.7 Å². The average molecular weight is 178 g/mol. The van der Waals surface area contributed by atoms with Crippen molar-refractivity contribution in [2.24, 2.45) is 0 Å². The van der Waals surface area contributed by atoms with Crippen LogP contribution in [0.3, 0.4) is 0 Å². The van der Waals surface area contributed by atoms with Crippen LogP contribution in [-0.4, -0.2) is 18.8 Å². The van der Waals surface area contributed by atoms with Crippen LogP contribution in [0.15, 0.2) is 24.3 Å². The van der Waals surface area contributed by atoms with E-state index < -0.39 is 0 Å². The number of methoxy groups -OCH3 is 1. The molecule has 0 saturated carbocycles. The lowest BCUT2D eigenvalue weighted by Gasteiger charge is -2.03. The van der Waals surface area contributed by atoms with Gasteiger partial charge in [-0.25, -0.2) is 0 Å². The lowest BCUT2D eigenvalue weighted by Crippen LogP contribution is -1.89. The standard InChI is InChI=1S/C10H10O3/c1-12-9-5-2-3-6-10(9)13-8-4-7-11/h2-3,5-6,11H,7H2,1H3. The summed E-state index contributed by atoms with van der Waals surface area (Å²) in [5.74, 6) is 3.54. The second-order valence-corrected chi connectivity index (χ2v) is 2.19. The third-order valence-corrected chi connectivity index (χ3v) is 1.38. The van der Waals surface area contributed by atoms with Gasteiger partial charge in [0.15, 0.2) is 11.5 Å². The SMILES string of the molecule is COc1ccccc1OC#CCO. The maximum Gasteiger partial charge on any atom is 0.182 e. The fraction of sp³-hybridized carbons (Fsp3) is 0.200. The van der Waals surface area contributed by atoms with Crippen molar-refractivity contribution in [2.45, 2.75) is 0 Å². The predicted molar refractivity (Wildman–Crippen MR) is 48.5 cm³/mol. The monoisotopic (exact) mass is 178 g/mol. The quantitative estimate of drug-likeness (QED) is 0.687. The normalized spacial score (nSPS) is 8.46. The van der Waals surface area contributed by atoms with Crippen molar-refractivity contribution in [1.29, 1.82) is 0 Å². The largest absolute Gasteiger partial charge is 0.493 e. The highest BCUT2D eigenvalue weighted by atomic mass is 16.5. The fourth-order valence-corrected chi connectivity index (χ4v) is 0.826. The van der Waals surface area contributed by atoms with E-state index in [9.17, 15) is 0 Å². The number of para-hydroxylation sites is 2. The Morgan fingerprint density at radius 2 is 2.00 bits per heavy atom. The Morgan fingerprint density at radius 3 is 2.62 bits per heavy atom. The van der Waals surface area contributed by atoms with Crippen LogP contribution in [0.1, 0.15) is 0 Å². The molecule has 1 N–H and O–H groups in total. The highest BCUT2D eigenvalue weighted by Crippen LogP contribution is 2.25. The number of aliphatic hydroxyl groups is 1. The third-order valence-electron chi connectivity index (χ3n) is 1.38. The van der Waals surface area contributed by atoms with Crippen molar-refractivity contribution in [2.75, 3.05) is 13.7 Å². The molecule has 0 saturated heterocycles. The molecule has 68 valence electrons. The molecule has 0 aliphatic carbocycles. The molecular formula is C10H10O3. The van der Waals surface area contributed by atoms with Crippen molar-refractivity contribution in [3.63, 3.8) is 0 Å². The zero-order valence-electron chi connectivity index (χ0n) is 7.28. The van der Waals surface area contributed by atoms with Gasteiger partial charge >= 0.3 is 0 Å². The average Bonchev–Trinajstić information content (AvgIpc) is 2.19. The summed E-state index contributed by atoms with van der Waals surface area (Å²) >= 11 is 0. The van der Waals surface area contributed by atoms with Crippen LogP contribution in [-0.2, 0) is 0 Å². The molecule has 0 bridgehead atoms. The van der Waals surface area contributed by atoms with E-state index in [0.29, 0.717) is 11.5 Å². The van der Waals surface area contributed by atoms with E-state index in [1.54, 1.807) is 19.2 Å². The zero-order valence-corrected chi connectivity index (χ0v) is 7.28. The molecule has 0 aliphatic heterocycles. The maximum atomic E-state index is 8.39. The molecule has 0 spiro atoms. The van der Waals surface area contributed by atoms with Gasteiger partial charge in [-0.1, -0.05) is 12.1 Å². The van der Waals surface area contributed by atoms with E-state index >= 15 is 0 Å². The molecule has 0 atom stereocenters. The zero-order chi connectivity index (χ0) is 9.52. The van der Waals surface area contributed by atoms with E-state index in [1.807, 2.05) is 12.1 Å². The van der Waals surface area contributed by atoms with Crippen LogP contribution in [0.2, 0.25) is 0 Å². The topological polar surface area (TPSA) is 38.7 Å². The molecule has 0 heterocycles. The van der Waals surface area contributed by atoms with Gasteiger partial charge in [-0.2, -0.15) is 0 Å². The van der Waals surface area contributed by atoms with Crippen molar-refractivity contribution in [1.82, 2.24) is 0 Å². The van der Waals surface area contributed by atoms with Crippen molar-refractivity contribution >= 4 is 0 Å². The van der Waals surface area contributed by atoms with Gasteiger partial charge in [0.2, 0.25) is 0 Å². The summed E-state index contributed by atoms with van der Waals surface area (Å²) in [4.78, 5) is 0. The second kappa shape index (κ2) is 5.07. The Hall–Kier alpha value is -1.66. The Bertz CT molecular complexity index is 322. The van der Waals surface area contributed by atoms with Crippen molar-refractivity contribution in [3.05, 3.63) is 24.3 Å². The Kier molecular flexibility index (Phi) is 3.68. The number of hydrogen-bond acceptors (Lipinski definition) is 3. The molecule has 1 aromatic carbocycles. The molecule has 0 fully saturated rings. The lowest BCUT2D eigenvalue weighted by molar-refractivity contribution is 0.348. The Labute approximate surface area is 76.9 Å². The van der Waals surface area contributed by atoms with Gasteiger partial charge in [0.05, 0.1) is 7.11 Å². The van der Waals surface area contributed by atoms with E-state index in [2.05, 4.69) is 12.0 Å². The molecule has 1 rings (SSSR count). The van der Waals surface area contributed by atoms with Gasteiger partial charge < -0.3 is 14.6 Å². The number of benzene rings is 1. The minimum Gasteiger partial charge on any atom is -0.493 e. The van der Waals surface area contributed by atoms with Crippen LogP contribution < -0.4 is 9.47 Å². The number of rotatable bonds is 2. The van der Waals surface area contributed by atoms with Gasteiger partial charge in [-0.15, -0.1) is 0 Å². The molecule has 0 aromatic heterocycles. The summed E-state index contributed by atoms with van der Waals surface area (Å²) < 4.78 is 10.0.